The fraction of sp³-hybridized carbons (Fsp3) is 0. The van der Waals surface area contributed by atoms with Crippen molar-refractivity contribution >= 4 is 23.6 Å². The first-order valence-electron chi connectivity index (χ1n) is 5.47. The molecule has 2 aromatic rings. The summed E-state index contributed by atoms with van der Waals surface area (Å²) < 4.78 is 18.3. The molecule has 0 aliphatic heterocycles. The van der Waals surface area contributed by atoms with Gasteiger partial charge in [-0.2, -0.15) is 0 Å². The highest BCUT2D eigenvalue weighted by molar-refractivity contribution is 6.04. The van der Waals surface area contributed by atoms with Gasteiger partial charge in [0, 0.05) is 6.08 Å². The maximum atomic E-state index is 13.8. The van der Waals surface area contributed by atoms with Crippen molar-refractivity contribution in [2.24, 2.45) is 0 Å². The molecule has 0 unspecified atom stereocenters. The zero-order valence-electron chi connectivity index (χ0n) is 10.0. The van der Waals surface area contributed by atoms with E-state index >= 15 is 0 Å². The van der Waals surface area contributed by atoms with Crippen LogP contribution in [0.4, 0.5) is 10.1 Å². The molecule has 0 atom stereocenters. The number of benzene rings is 1. The molecule has 0 bridgehead atoms. The van der Waals surface area contributed by atoms with Gasteiger partial charge in [-0.25, -0.2) is 9.18 Å². The van der Waals surface area contributed by atoms with E-state index in [9.17, 15) is 14.0 Å². The topological polar surface area (TPSA) is 92.4 Å². The van der Waals surface area contributed by atoms with Gasteiger partial charge in [-0.1, -0.05) is 11.2 Å². The molecule has 2 N–H and O–H groups in total. The van der Waals surface area contributed by atoms with Crippen LogP contribution in [0.3, 0.4) is 0 Å². The van der Waals surface area contributed by atoms with Crippen molar-refractivity contribution in [1.82, 2.24) is 5.16 Å². The van der Waals surface area contributed by atoms with Crippen LogP contribution in [0.25, 0.3) is 6.08 Å². The number of anilines is 1. The molecule has 102 valence electrons. The molecule has 0 fully saturated rings. The number of rotatable bonds is 4. The van der Waals surface area contributed by atoms with Gasteiger partial charge in [0.15, 0.2) is 0 Å². The molecule has 0 saturated heterocycles. The summed E-state index contributed by atoms with van der Waals surface area (Å²) in [6, 6.07) is 3.77. The van der Waals surface area contributed by atoms with E-state index < -0.39 is 17.7 Å². The monoisotopic (exact) mass is 276 g/mol. The molecule has 1 aromatic carbocycles. The van der Waals surface area contributed by atoms with Gasteiger partial charge in [0.05, 0.1) is 11.8 Å². The first kappa shape index (κ1) is 13.5. The second-order valence-electron chi connectivity index (χ2n) is 3.78. The van der Waals surface area contributed by atoms with Crippen LogP contribution in [0.15, 0.2) is 41.3 Å². The Morgan fingerprint density at radius 2 is 2.20 bits per heavy atom. The third kappa shape index (κ3) is 3.29. The number of hydrogen-bond acceptors (Lipinski definition) is 4. The average molecular weight is 276 g/mol. The molecule has 20 heavy (non-hydrogen) atoms. The van der Waals surface area contributed by atoms with Gasteiger partial charge >= 0.3 is 5.97 Å². The summed E-state index contributed by atoms with van der Waals surface area (Å²) in [6.45, 7) is 0. The number of carboxylic acids is 1. The molecule has 7 heteroatoms. The fourth-order valence-corrected chi connectivity index (χ4v) is 1.45. The third-order valence-electron chi connectivity index (χ3n) is 2.35. The minimum Gasteiger partial charge on any atom is -0.478 e. The molecule has 6 nitrogen and oxygen atoms in total. The van der Waals surface area contributed by atoms with Crippen LogP contribution in [0, 0.1) is 5.82 Å². The second kappa shape index (κ2) is 5.79. The Hall–Kier alpha value is -2.96. The summed E-state index contributed by atoms with van der Waals surface area (Å²) in [7, 11) is 0. The second-order valence-corrected chi connectivity index (χ2v) is 3.78. The molecule has 0 radical (unpaired) electrons. The minimum absolute atomic E-state index is 0.168. The summed E-state index contributed by atoms with van der Waals surface area (Å²) in [5.74, 6) is -2.55. The van der Waals surface area contributed by atoms with E-state index in [1.165, 1.54) is 30.7 Å². The number of aliphatic carboxylic acids is 1. The lowest BCUT2D eigenvalue weighted by molar-refractivity contribution is -0.131. The first-order chi connectivity index (χ1) is 9.56. The Morgan fingerprint density at radius 3 is 2.80 bits per heavy atom. The van der Waals surface area contributed by atoms with E-state index in [2.05, 4.69) is 15.0 Å². The summed E-state index contributed by atoms with van der Waals surface area (Å²) >= 11 is 0. The van der Waals surface area contributed by atoms with Crippen LogP contribution >= 0.6 is 0 Å². The Morgan fingerprint density at radius 1 is 1.40 bits per heavy atom. The lowest BCUT2D eigenvalue weighted by atomic mass is 10.1. The predicted octanol–water partition coefficient (Wildman–Crippen LogP) is 2.16. The summed E-state index contributed by atoms with van der Waals surface area (Å²) in [5, 5.41) is 14.3. The lowest BCUT2D eigenvalue weighted by Crippen LogP contribution is -2.13. The van der Waals surface area contributed by atoms with E-state index in [1.54, 1.807) is 0 Å². The Balaban J connectivity index is 2.17. The zero-order valence-corrected chi connectivity index (χ0v) is 10.0. The number of hydrogen-bond donors (Lipinski definition) is 2. The number of amides is 1. The number of carbonyl (C=O) groups excluding carboxylic acids is 1. The van der Waals surface area contributed by atoms with Crippen molar-refractivity contribution in [2.75, 3.05) is 5.32 Å². The van der Waals surface area contributed by atoms with Crippen LogP contribution < -0.4 is 5.32 Å². The minimum atomic E-state index is -1.14. The first-order valence-corrected chi connectivity index (χ1v) is 5.47. The SMILES string of the molecule is O=C(O)C=Cc1ccc(C(=O)Nc2cnoc2)c(F)c1. The van der Waals surface area contributed by atoms with Crippen LogP contribution in [-0.4, -0.2) is 22.1 Å². The van der Waals surface area contributed by atoms with Gasteiger partial charge in [0.1, 0.15) is 17.8 Å². The largest absolute Gasteiger partial charge is 0.478 e. The van der Waals surface area contributed by atoms with E-state index in [1.807, 2.05) is 0 Å². The number of carbonyl (C=O) groups is 2. The van der Waals surface area contributed by atoms with Gasteiger partial charge in [-0.05, 0) is 23.8 Å². The molecule has 2 rings (SSSR count). The number of halogens is 1. The van der Waals surface area contributed by atoms with E-state index in [0.29, 0.717) is 11.3 Å². The normalized spacial score (nSPS) is 10.7. The van der Waals surface area contributed by atoms with Crippen LogP contribution in [0.2, 0.25) is 0 Å². The molecule has 1 heterocycles. The summed E-state index contributed by atoms with van der Waals surface area (Å²) in [4.78, 5) is 22.1. The quantitative estimate of drug-likeness (QED) is 0.835. The van der Waals surface area contributed by atoms with Crippen LogP contribution in [0.5, 0.6) is 0 Å². The van der Waals surface area contributed by atoms with Crippen LogP contribution in [0.1, 0.15) is 15.9 Å². The van der Waals surface area contributed by atoms with Crippen LogP contribution in [-0.2, 0) is 4.79 Å². The van der Waals surface area contributed by atoms with Crippen molar-refractivity contribution in [3.8, 4) is 0 Å². The summed E-state index contributed by atoms with van der Waals surface area (Å²) in [5.41, 5.74) is 0.481. The third-order valence-corrected chi connectivity index (χ3v) is 2.35. The van der Waals surface area contributed by atoms with Crippen molar-refractivity contribution in [3.05, 3.63) is 53.7 Å². The van der Waals surface area contributed by atoms with Gasteiger partial charge in [-0.3, -0.25) is 4.79 Å². The Labute approximate surface area is 112 Å². The Bertz CT molecular complexity index is 665. The molecule has 1 aromatic heterocycles. The van der Waals surface area contributed by atoms with E-state index in [-0.39, 0.29) is 5.56 Å². The maximum Gasteiger partial charge on any atom is 0.328 e. The molecular formula is C13H9FN2O4. The highest BCUT2D eigenvalue weighted by atomic mass is 19.1. The number of aromatic nitrogens is 1. The molecule has 0 aliphatic carbocycles. The zero-order chi connectivity index (χ0) is 14.5. The van der Waals surface area contributed by atoms with Gasteiger partial charge in [0.25, 0.3) is 5.91 Å². The maximum absolute atomic E-state index is 13.8. The molecule has 0 spiro atoms. The lowest BCUT2D eigenvalue weighted by Gasteiger charge is -2.04. The van der Waals surface area contributed by atoms with Gasteiger partial charge < -0.3 is 14.9 Å². The standard InChI is InChI=1S/C13H9FN2O4/c14-11-5-8(2-4-12(17)18)1-3-10(11)13(19)16-9-6-15-20-7-9/h1-7H,(H,16,19)(H,17,18). The highest BCUT2D eigenvalue weighted by Gasteiger charge is 2.12. The average Bonchev–Trinajstić information content (AvgIpc) is 2.89. The van der Waals surface area contributed by atoms with E-state index in [4.69, 9.17) is 5.11 Å². The molecule has 0 saturated carbocycles. The van der Waals surface area contributed by atoms with Gasteiger partial charge in [-0.15, -0.1) is 0 Å². The molecule has 1 amide bonds. The van der Waals surface area contributed by atoms with Crippen molar-refractivity contribution in [1.29, 1.82) is 0 Å². The fourth-order valence-electron chi connectivity index (χ4n) is 1.45. The number of nitrogens with one attached hydrogen (secondary N) is 1. The predicted molar refractivity (Wildman–Crippen MR) is 67.5 cm³/mol. The molecule has 0 aliphatic rings. The Kier molecular flexibility index (Phi) is 3.90. The van der Waals surface area contributed by atoms with Gasteiger partial charge in [0.2, 0.25) is 0 Å². The number of carboxylic acid groups (broad SMARTS) is 1. The van der Waals surface area contributed by atoms with Crippen molar-refractivity contribution in [2.45, 2.75) is 0 Å². The van der Waals surface area contributed by atoms with Crippen molar-refractivity contribution in [3.63, 3.8) is 0 Å². The highest BCUT2D eigenvalue weighted by Crippen LogP contribution is 2.14. The molecular weight excluding hydrogens is 267 g/mol. The number of nitrogens with zero attached hydrogens (tertiary/aromatic N) is 1. The van der Waals surface area contributed by atoms with Crippen molar-refractivity contribution < 1.29 is 23.6 Å². The summed E-state index contributed by atoms with van der Waals surface area (Å²) in [6.07, 6.45) is 4.60. The smallest absolute Gasteiger partial charge is 0.328 e. The van der Waals surface area contributed by atoms with E-state index in [0.717, 1.165) is 12.1 Å².